The summed E-state index contributed by atoms with van der Waals surface area (Å²) in [6, 6.07) is 0.782. The molecule has 2 unspecified atom stereocenters. The van der Waals surface area contributed by atoms with Crippen LogP contribution in [-0.2, 0) is 0 Å². The van der Waals surface area contributed by atoms with Crippen LogP contribution in [0.15, 0.2) is 12.7 Å². The molecule has 0 aliphatic heterocycles. The smallest absolute Gasteiger partial charge is 0.0115 e. The van der Waals surface area contributed by atoms with E-state index in [0.717, 1.165) is 12.0 Å². The van der Waals surface area contributed by atoms with Gasteiger partial charge in [-0.05, 0) is 39.3 Å². The van der Waals surface area contributed by atoms with Gasteiger partial charge in [0, 0.05) is 6.04 Å². The summed E-state index contributed by atoms with van der Waals surface area (Å²) in [6.45, 7) is 17.0. The molecule has 0 fully saturated rings. The highest BCUT2D eigenvalue weighted by Gasteiger charge is 2.16. The highest BCUT2D eigenvalue weighted by Crippen LogP contribution is 2.16. The Labute approximate surface area is 143 Å². The molecule has 0 amide bonds. The molecule has 0 rings (SSSR count). The van der Waals surface area contributed by atoms with Crippen molar-refractivity contribution >= 4 is 0 Å². The summed E-state index contributed by atoms with van der Waals surface area (Å²) < 4.78 is 0. The predicted octanol–water partition coefficient (Wildman–Crippen LogP) is 7.32. The molecule has 2 atom stereocenters. The van der Waals surface area contributed by atoms with Gasteiger partial charge in [0.15, 0.2) is 0 Å². The Morgan fingerprint density at radius 2 is 1.45 bits per heavy atom. The zero-order valence-corrected chi connectivity index (χ0v) is 17.3. The summed E-state index contributed by atoms with van der Waals surface area (Å²) in [5.74, 6) is 0.838. The Morgan fingerprint density at radius 1 is 0.909 bits per heavy atom. The molecule has 0 saturated carbocycles. The van der Waals surface area contributed by atoms with E-state index in [1.54, 1.807) is 0 Å². The van der Waals surface area contributed by atoms with Gasteiger partial charge in [-0.1, -0.05) is 86.1 Å². The van der Waals surface area contributed by atoms with E-state index in [9.17, 15) is 0 Å². The van der Waals surface area contributed by atoms with Crippen LogP contribution >= 0.6 is 0 Å². The third kappa shape index (κ3) is 22.0. The van der Waals surface area contributed by atoms with Crippen molar-refractivity contribution < 1.29 is 0 Å². The van der Waals surface area contributed by atoms with Crippen LogP contribution in [0.3, 0.4) is 0 Å². The van der Waals surface area contributed by atoms with Gasteiger partial charge in [0.1, 0.15) is 0 Å². The van der Waals surface area contributed by atoms with Crippen molar-refractivity contribution in [3.8, 4) is 0 Å². The van der Waals surface area contributed by atoms with Gasteiger partial charge in [-0.25, -0.2) is 0 Å². The molecular weight excluding hydrogens is 266 g/mol. The highest BCUT2D eigenvalue weighted by molar-refractivity contribution is 4.71. The summed E-state index contributed by atoms with van der Waals surface area (Å²) in [5.41, 5.74) is 0. The van der Waals surface area contributed by atoms with Crippen molar-refractivity contribution in [1.82, 2.24) is 4.90 Å². The number of unbranched alkanes of at least 4 members (excludes halogenated alkanes) is 4. The normalized spacial score (nSPS) is 12.6. The molecule has 1 heteroatoms. The van der Waals surface area contributed by atoms with Crippen LogP contribution in [-0.4, -0.2) is 25.0 Å². The molecular formula is C21H47N. The molecule has 0 aromatic heterocycles. The Balaban J connectivity index is -0.000000288. The summed E-state index contributed by atoms with van der Waals surface area (Å²) in [6.07, 6.45) is 13.8. The molecule has 0 heterocycles. The second kappa shape index (κ2) is 23.0. The summed E-state index contributed by atoms with van der Waals surface area (Å²) in [7, 11) is 4.37. The Morgan fingerprint density at radius 3 is 1.77 bits per heavy atom. The van der Waals surface area contributed by atoms with Gasteiger partial charge in [0.2, 0.25) is 0 Å². The van der Waals surface area contributed by atoms with Gasteiger partial charge >= 0.3 is 0 Å². The van der Waals surface area contributed by atoms with Gasteiger partial charge in [-0.15, -0.1) is 6.58 Å². The maximum absolute atomic E-state index is 3.66. The molecule has 0 radical (unpaired) electrons. The fourth-order valence-electron chi connectivity index (χ4n) is 2.33. The van der Waals surface area contributed by atoms with Crippen molar-refractivity contribution in [1.29, 1.82) is 0 Å². The summed E-state index contributed by atoms with van der Waals surface area (Å²) in [4.78, 5) is 2.36. The van der Waals surface area contributed by atoms with Crippen molar-refractivity contribution in [3.05, 3.63) is 12.7 Å². The van der Waals surface area contributed by atoms with Gasteiger partial charge < -0.3 is 4.90 Å². The molecule has 0 aromatic rings. The minimum absolute atomic E-state index is 0.782. The lowest BCUT2D eigenvalue weighted by atomic mass is 9.94. The summed E-state index contributed by atoms with van der Waals surface area (Å²) in [5, 5.41) is 0. The number of allylic oxidation sites excluding steroid dienone is 1. The molecule has 0 saturated heterocycles. The number of rotatable bonds is 10. The average Bonchev–Trinajstić information content (AvgIpc) is 2.49. The first-order valence-corrected chi connectivity index (χ1v) is 9.73. The van der Waals surface area contributed by atoms with Crippen molar-refractivity contribution in [2.24, 2.45) is 5.92 Å². The minimum Gasteiger partial charge on any atom is -0.306 e. The van der Waals surface area contributed by atoms with Gasteiger partial charge in [-0.3, -0.25) is 0 Å². The number of hydrogen-bond acceptors (Lipinski definition) is 1. The largest absolute Gasteiger partial charge is 0.306 e. The van der Waals surface area contributed by atoms with Gasteiger partial charge in [0.05, 0.1) is 0 Å². The van der Waals surface area contributed by atoms with E-state index in [0.29, 0.717) is 0 Å². The third-order valence-corrected chi connectivity index (χ3v) is 3.81. The van der Waals surface area contributed by atoms with E-state index in [1.165, 1.54) is 57.8 Å². The Kier molecular flexibility index (Phi) is 27.8. The minimum atomic E-state index is 0.782. The lowest BCUT2D eigenvalue weighted by Crippen LogP contribution is -2.33. The molecule has 22 heavy (non-hydrogen) atoms. The lowest BCUT2D eigenvalue weighted by molar-refractivity contribution is 0.202. The van der Waals surface area contributed by atoms with Crippen molar-refractivity contribution in [2.75, 3.05) is 14.1 Å². The van der Waals surface area contributed by atoms with Crippen LogP contribution in [0.4, 0.5) is 0 Å². The monoisotopic (exact) mass is 313 g/mol. The van der Waals surface area contributed by atoms with E-state index in [-0.39, 0.29) is 0 Å². The Hall–Kier alpha value is -0.300. The van der Waals surface area contributed by atoms with Crippen LogP contribution in [0.25, 0.3) is 0 Å². The molecule has 0 aromatic carbocycles. The molecule has 0 aliphatic carbocycles. The Bertz CT molecular complexity index is 186. The van der Waals surface area contributed by atoms with E-state index in [1.807, 2.05) is 6.08 Å². The van der Waals surface area contributed by atoms with Crippen LogP contribution in [0.1, 0.15) is 99.3 Å². The molecule has 0 spiro atoms. The molecule has 1 nitrogen and oxygen atoms in total. The molecule has 0 bridgehead atoms. The fourth-order valence-corrected chi connectivity index (χ4v) is 2.33. The fraction of sp³-hybridized carbons (Fsp3) is 0.905. The van der Waals surface area contributed by atoms with Crippen LogP contribution < -0.4 is 0 Å². The van der Waals surface area contributed by atoms with Crippen LogP contribution in [0, 0.1) is 5.92 Å². The topological polar surface area (TPSA) is 3.24 Å². The SMILES string of the molecule is C=CCCCCCC.CCC.CCCC(C(C)CC)N(C)C. The summed E-state index contributed by atoms with van der Waals surface area (Å²) >= 11 is 0. The van der Waals surface area contributed by atoms with E-state index in [2.05, 4.69) is 67.1 Å². The van der Waals surface area contributed by atoms with Crippen molar-refractivity contribution in [3.63, 3.8) is 0 Å². The first-order chi connectivity index (χ1) is 10.5. The zero-order chi connectivity index (χ0) is 17.8. The van der Waals surface area contributed by atoms with E-state index < -0.39 is 0 Å². The maximum atomic E-state index is 3.66. The zero-order valence-electron chi connectivity index (χ0n) is 17.3. The molecule has 136 valence electrons. The quantitative estimate of drug-likeness (QED) is 0.301. The molecule has 0 N–H and O–H groups in total. The number of nitrogens with zero attached hydrogens (tertiary/aromatic N) is 1. The third-order valence-electron chi connectivity index (χ3n) is 3.81. The second-order valence-corrected chi connectivity index (χ2v) is 6.55. The molecule has 0 aliphatic rings. The lowest BCUT2D eigenvalue weighted by Gasteiger charge is -2.29. The first kappa shape index (κ1) is 26.6. The standard InChI is InChI=1S/C10H23N.C8H16.C3H8/c1-6-8-10(11(4)5)9(3)7-2;1-3-5-7-8-6-4-2;1-3-2/h9-10H,6-8H2,1-5H3;3H,1,4-8H2,2H3;3H2,1-2H3. The second-order valence-electron chi connectivity index (χ2n) is 6.55. The average molecular weight is 314 g/mol. The maximum Gasteiger partial charge on any atom is 0.0115 e. The van der Waals surface area contributed by atoms with Gasteiger partial charge in [0.25, 0.3) is 0 Å². The van der Waals surface area contributed by atoms with Crippen LogP contribution in [0.5, 0.6) is 0 Å². The van der Waals surface area contributed by atoms with Crippen LogP contribution in [0.2, 0.25) is 0 Å². The first-order valence-electron chi connectivity index (χ1n) is 9.73. The van der Waals surface area contributed by atoms with E-state index in [4.69, 9.17) is 0 Å². The van der Waals surface area contributed by atoms with Crippen molar-refractivity contribution in [2.45, 2.75) is 105 Å². The number of hydrogen-bond donors (Lipinski definition) is 0. The predicted molar refractivity (Wildman–Crippen MR) is 107 cm³/mol. The van der Waals surface area contributed by atoms with E-state index >= 15 is 0 Å². The van der Waals surface area contributed by atoms with Gasteiger partial charge in [-0.2, -0.15) is 0 Å². The highest BCUT2D eigenvalue weighted by atomic mass is 15.1.